The smallest absolute Gasteiger partial charge is 0.226 e. The van der Waals surface area contributed by atoms with Crippen LogP contribution in [-0.2, 0) is 7.05 Å². The van der Waals surface area contributed by atoms with E-state index in [-0.39, 0.29) is 12.6 Å². The first-order chi connectivity index (χ1) is 13.0. The minimum absolute atomic E-state index is 0.183. The van der Waals surface area contributed by atoms with Gasteiger partial charge in [-0.25, -0.2) is 4.39 Å². The SMILES string of the molecule is Cn1ncc2c(NCC3(F)CCC3)nc(NC[C@H](N)c3ccccc3)nc21. The summed E-state index contributed by atoms with van der Waals surface area (Å²) in [5.74, 6) is 1.04. The van der Waals surface area contributed by atoms with Crippen LogP contribution >= 0.6 is 0 Å². The van der Waals surface area contributed by atoms with Crippen molar-refractivity contribution in [2.45, 2.75) is 31.0 Å². The van der Waals surface area contributed by atoms with Gasteiger partial charge in [0.2, 0.25) is 5.95 Å². The molecule has 0 unspecified atom stereocenters. The van der Waals surface area contributed by atoms with Gasteiger partial charge >= 0.3 is 0 Å². The number of halogens is 1. The van der Waals surface area contributed by atoms with Crippen molar-refractivity contribution in [1.82, 2.24) is 19.7 Å². The van der Waals surface area contributed by atoms with Crippen molar-refractivity contribution >= 4 is 22.8 Å². The van der Waals surface area contributed by atoms with Gasteiger partial charge in [-0.2, -0.15) is 15.1 Å². The predicted octanol–water partition coefficient (Wildman–Crippen LogP) is 2.78. The Morgan fingerprint density at radius 2 is 2.00 bits per heavy atom. The second-order valence-corrected chi connectivity index (χ2v) is 7.16. The number of benzene rings is 1. The van der Waals surface area contributed by atoms with Gasteiger partial charge in [-0.15, -0.1) is 0 Å². The first-order valence-corrected chi connectivity index (χ1v) is 9.21. The van der Waals surface area contributed by atoms with Crippen molar-refractivity contribution in [3.05, 3.63) is 42.1 Å². The highest BCUT2D eigenvalue weighted by Gasteiger charge is 2.36. The number of anilines is 2. The Morgan fingerprint density at radius 3 is 2.70 bits per heavy atom. The van der Waals surface area contributed by atoms with Crippen LogP contribution < -0.4 is 16.4 Å². The standard InChI is InChI=1S/C19H24FN7/c1-27-17-14(10-24-27)16(23-12-19(20)8-5-9-19)25-18(26-17)22-11-15(21)13-6-3-2-4-7-13/h2-4,6-7,10,15H,5,8-9,11-12,21H2,1H3,(H2,22,23,25,26)/t15-/m0/s1. The molecule has 142 valence electrons. The van der Waals surface area contributed by atoms with Crippen LogP contribution in [-0.4, -0.2) is 38.5 Å². The van der Waals surface area contributed by atoms with Crippen molar-refractivity contribution in [1.29, 1.82) is 0 Å². The van der Waals surface area contributed by atoms with Crippen LogP contribution in [0.1, 0.15) is 30.9 Å². The van der Waals surface area contributed by atoms with Gasteiger partial charge in [0.1, 0.15) is 11.5 Å². The van der Waals surface area contributed by atoms with Crippen LogP contribution in [0.15, 0.2) is 36.5 Å². The van der Waals surface area contributed by atoms with Gasteiger partial charge in [0.05, 0.1) is 18.1 Å². The summed E-state index contributed by atoms with van der Waals surface area (Å²) in [7, 11) is 1.82. The highest BCUT2D eigenvalue weighted by atomic mass is 19.1. The molecule has 1 aliphatic carbocycles. The molecule has 0 amide bonds. The third-order valence-electron chi connectivity index (χ3n) is 5.12. The number of nitrogens with one attached hydrogen (secondary N) is 2. The zero-order valence-electron chi connectivity index (χ0n) is 15.3. The van der Waals surface area contributed by atoms with Gasteiger partial charge in [0, 0.05) is 19.6 Å². The Morgan fingerprint density at radius 1 is 1.22 bits per heavy atom. The first-order valence-electron chi connectivity index (χ1n) is 9.21. The monoisotopic (exact) mass is 369 g/mol. The van der Waals surface area contributed by atoms with Crippen molar-refractivity contribution in [3.63, 3.8) is 0 Å². The van der Waals surface area contributed by atoms with Gasteiger partial charge in [-0.05, 0) is 24.8 Å². The van der Waals surface area contributed by atoms with Gasteiger partial charge in [0.25, 0.3) is 0 Å². The van der Waals surface area contributed by atoms with E-state index in [1.165, 1.54) is 0 Å². The number of hydrogen-bond donors (Lipinski definition) is 3. The summed E-state index contributed by atoms with van der Waals surface area (Å²) in [6, 6.07) is 9.68. The van der Waals surface area contributed by atoms with Crippen LogP contribution in [0.4, 0.5) is 16.2 Å². The molecule has 4 N–H and O–H groups in total. The molecule has 2 aromatic heterocycles. The third-order valence-corrected chi connectivity index (χ3v) is 5.12. The molecule has 0 aliphatic heterocycles. The quantitative estimate of drug-likeness (QED) is 0.593. The molecule has 1 aliphatic rings. The Labute approximate surface area is 157 Å². The fourth-order valence-electron chi connectivity index (χ4n) is 3.23. The maximum atomic E-state index is 14.4. The van der Waals surface area contributed by atoms with Crippen molar-refractivity contribution in [2.24, 2.45) is 12.8 Å². The first kappa shape index (κ1) is 17.7. The normalized spacial score (nSPS) is 16.7. The van der Waals surface area contributed by atoms with Gasteiger partial charge in [-0.1, -0.05) is 30.3 Å². The van der Waals surface area contributed by atoms with E-state index in [9.17, 15) is 4.39 Å². The summed E-state index contributed by atoms with van der Waals surface area (Å²) >= 11 is 0. The number of fused-ring (bicyclic) bond motifs is 1. The molecule has 0 radical (unpaired) electrons. The summed E-state index contributed by atoms with van der Waals surface area (Å²) in [6.45, 7) is 0.733. The zero-order chi connectivity index (χ0) is 18.9. The number of alkyl halides is 1. The third kappa shape index (κ3) is 3.71. The molecule has 0 saturated heterocycles. The van der Waals surface area contributed by atoms with Crippen LogP contribution in [0.2, 0.25) is 0 Å². The Balaban J connectivity index is 1.52. The topological polar surface area (TPSA) is 93.7 Å². The van der Waals surface area contributed by atoms with E-state index in [1.807, 2.05) is 37.4 Å². The van der Waals surface area contributed by atoms with E-state index in [2.05, 4.69) is 25.7 Å². The van der Waals surface area contributed by atoms with Gasteiger partial charge < -0.3 is 16.4 Å². The molecule has 1 saturated carbocycles. The van der Waals surface area contributed by atoms with E-state index < -0.39 is 5.67 Å². The van der Waals surface area contributed by atoms with Crippen LogP contribution in [0.3, 0.4) is 0 Å². The number of nitrogens with zero attached hydrogens (tertiary/aromatic N) is 4. The Bertz CT molecular complexity index is 920. The fraction of sp³-hybridized carbons (Fsp3) is 0.421. The molecule has 8 heteroatoms. The second kappa shape index (κ2) is 7.11. The van der Waals surface area contributed by atoms with Crippen molar-refractivity contribution in [3.8, 4) is 0 Å². The molecule has 1 atom stereocenters. The lowest BCUT2D eigenvalue weighted by Gasteiger charge is -2.34. The molecular weight excluding hydrogens is 345 g/mol. The van der Waals surface area contributed by atoms with E-state index in [0.29, 0.717) is 36.8 Å². The van der Waals surface area contributed by atoms with Crippen molar-refractivity contribution in [2.75, 3.05) is 23.7 Å². The average molecular weight is 369 g/mol. The van der Waals surface area contributed by atoms with Gasteiger partial charge in [-0.3, -0.25) is 4.68 Å². The van der Waals surface area contributed by atoms with Crippen LogP contribution in [0.5, 0.6) is 0 Å². The molecule has 4 rings (SSSR count). The fourth-order valence-corrected chi connectivity index (χ4v) is 3.23. The molecule has 1 aromatic carbocycles. The zero-order valence-corrected chi connectivity index (χ0v) is 15.3. The molecular formula is C19H24FN7. The Hall–Kier alpha value is -2.74. The number of rotatable bonds is 7. The lowest BCUT2D eigenvalue weighted by atomic mass is 9.82. The maximum absolute atomic E-state index is 14.4. The number of aromatic nitrogens is 4. The average Bonchev–Trinajstić information content (AvgIpc) is 3.04. The number of hydrogen-bond acceptors (Lipinski definition) is 6. The number of nitrogens with two attached hydrogens (primary N) is 1. The van der Waals surface area contributed by atoms with Crippen LogP contribution in [0.25, 0.3) is 11.0 Å². The summed E-state index contributed by atoms with van der Waals surface area (Å²) in [6.07, 6.45) is 3.83. The summed E-state index contributed by atoms with van der Waals surface area (Å²) < 4.78 is 16.1. The van der Waals surface area contributed by atoms with E-state index >= 15 is 0 Å². The molecule has 27 heavy (non-hydrogen) atoms. The van der Waals surface area contributed by atoms with E-state index in [4.69, 9.17) is 5.73 Å². The lowest BCUT2D eigenvalue weighted by Crippen LogP contribution is -2.39. The highest BCUT2D eigenvalue weighted by Crippen LogP contribution is 2.36. The molecule has 0 spiro atoms. The highest BCUT2D eigenvalue weighted by molar-refractivity contribution is 5.87. The molecule has 3 aromatic rings. The minimum Gasteiger partial charge on any atom is -0.366 e. The van der Waals surface area contributed by atoms with E-state index in [1.54, 1.807) is 10.9 Å². The van der Waals surface area contributed by atoms with Gasteiger partial charge in [0.15, 0.2) is 5.65 Å². The Kier molecular flexibility index (Phi) is 4.65. The molecule has 2 heterocycles. The number of aryl methyl sites for hydroxylation is 1. The largest absolute Gasteiger partial charge is 0.366 e. The minimum atomic E-state index is -1.14. The summed E-state index contributed by atoms with van der Waals surface area (Å²) in [5.41, 5.74) is 6.83. The maximum Gasteiger partial charge on any atom is 0.226 e. The summed E-state index contributed by atoms with van der Waals surface area (Å²) in [4.78, 5) is 9.06. The molecule has 0 bridgehead atoms. The predicted molar refractivity (Wildman–Crippen MR) is 104 cm³/mol. The molecule has 1 fully saturated rings. The van der Waals surface area contributed by atoms with Crippen LogP contribution in [0, 0.1) is 0 Å². The second-order valence-electron chi connectivity index (χ2n) is 7.16. The lowest BCUT2D eigenvalue weighted by molar-refractivity contribution is 0.0784. The summed E-state index contributed by atoms with van der Waals surface area (Å²) in [5, 5.41) is 11.4. The van der Waals surface area contributed by atoms with E-state index in [0.717, 1.165) is 17.4 Å². The van der Waals surface area contributed by atoms with Crippen molar-refractivity contribution < 1.29 is 4.39 Å². The molecule has 7 nitrogen and oxygen atoms in total.